The van der Waals surface area contributed by atoms with Crippen molar-refractivity contribution in [2.45, 2.75) is 34.1 Å². The number of rotatable bonds is 3. The Balaban J connectivity index is 4.11. The predicted molar refractivity (Wildman–Crippen MR) is 52.6 cm³/mol. The van der Waals surface area contributed by atoms with Crippen molar-refractivity contribution in [1.82, 2.24) is 0 Å². The summed E-state index contributed by atoms with van der Waals surface area (Å²) < 4.78 is 0. The number of hydrogen-bond donors (Lipinski definition) is 0. The first kappa shape index (κ1) is 10.2. The van der Waals surface area contributed by atoms with Gasteiger partial charge in [-0.25, -0.2) is 0 Å². The first-order valence-corrected chi connectivity index (χ1v) is 4.18. The van der Waals surface area contributed by atoms with E-state index < -0.39 is 0 Å². The van der Waals surface area contributed by atoms with Crippen molar-refractivity contribution in [2.75, 3.05) is 0 Å². The van der Waals surface area contributed by atoms with E-state index in [1.54, 1.807) is 0 Å². The second-order valence-corrected chi connectivity index (χ2v) is 2.73. The Morgan fingerprint density at radius 3 is 2.27 bits per heavy atom. The Bertz CT molecular complexity index is 180. The summed E-state index contributed by atoms with van der Waals surface area (Å²) in [5.74, 6) is 0. The summed E-state index contributed by atoms with van der Waals surface area (Å²) in [7, 11) is 0. The molecule has 0 aliphatic heterocycles. The molecule has 0 heterocycles. The third-order valence-corrected chi connectivity index (χ3v) is 1.53. The molecule has 0 nitrogen and oxygen atoms in total. The minimum absolute atomic E-state index is 1.11. The molecule has 62 valence electrons. The Kier molecular flexibility index (Phi) is 5.54. The van der Waals surface area contributed by atoms with Crippen LogP contribution in [0, 0.1) is 0 Å². The van der Waals surface area contributed by atoms with E-state index in [1.807, 2.05) is 0 Å². The van der Waals surface area contributed by atoms with Crippen molar-refractivity contribution in [3.05, 3.63) is 35.5 Å². The van der Waals surface area contributed by atoms with Gasteiger partial charge in [0.15, 0.2) is 0 Å². The summed E-state index contributed by atoms with van der Waals surface area (Å²) in [5, 5.41) is 0. The fourth-order valence-electron chi connectivity index (χ4n) is 0.794. The minimum atomic E-state index is 1.11. The lowest BCUT2D eigenvalue weighted by atomic mass is 10.1. The molecule has 0 bridgehead atoms. The van der Waals surface area contributed by atoms with E-state index in [4.69, 9.17) is 0 Å². The van der Waals surface area contributed by atoms with Crippen LogP contribution in [-0.2, 0) is 0 Å². The van der Waals surface area contributed by atoms with Crippen LogP contribution in [0.15, 0.2) is 35.5 Å². The van der Waals surface area contributed by atoms with Crippen molar-refractivity contribution in [3.8, 4) is 0 Å². The number of allylic oxidation sites excluding steroid dienone is 6. The molecule has 0 amide bonds. The smallest absolute Gasteiger partial charge is 0.0376 e. The van der Waals surface area contributed by atoms with E-state index >= 15 is 0 Å². The Labute approximate surface area is 70.3 Å². The van der Waals surface area contributed by atoms with Crippen molar-refractivity contribution in [1.29, 1.82) is 0 Å². The van der Waals surface area contributed by atoms with Crippen LogP contribution in [0.5, 0.6) is 0 Å². The fourth-order valence-corrected chi connectivity index (χ4v) is 0.794. The van der Waals surface area contributed by atoms with Gasteiger partial charge in [0.05, 0.1) is 0 Å². The molecule has 0 rings (SSSR count). The Hall–Kier alpha value is -0.780. The van der Waals surface area contributed by atoms with E-state index in [9.17, 15) is 0 Å². The molecule has 0 N–H and O–H groups in total. The van der Waals surface area contributed by atoms with Gasteiger partial charge in [-0.1, -0.05) is 42.4 Å². The lowest BCUT2D eigenvalue weighted by molar-refractivity contribution is 1.22. The van der Waals surface area contributed by atoms with Crippen LogP contribution in [0.25, 0.3) is 0 Å². The molecule has 0 fully saturated rings. The van der Waals surface area contributed by atoms with Gasteiger partial charge >= 0.3 is 0 Å². The highest BCUT2D eigenvalue weighted by atomic mass is 13.9. The molecular formula is C11H18. The molecule has 0 aromatic carbocycles. The Morgan fingerprint density at radius 1 is 1.18 bits per heavy atom. The summed E-state index contributed by atoms with van der Waals surface area (Å²) >= 11 is 0. The van der Waals surface area contributed by atoms with E-state index in [0.29, 0.717) is 0 Å². The van der Waals surface area contributed by atoms with Gasteiger partial charge < -0.3 is 0 Å². The molecule has 0 saturated heterocycles. The SMILES string of the molecule is C\C=C(C)/C=C(C)\C=C/CC. The van der Waals surface area contributed by atoms with E-state index in [2.05, 4.69) is 52.0 Å². The van der Waals surface area contributed by atoms with Crippen LogP contribution in [0.2, 0.25) is 0 Å². The number of hydrogen-bond acceptors (Lipinski definition) is 0. The van der Waals surface area contributed by atoms with Crippen LogP contribution in [0.3, 0.4) is 0 Å². The average molecular weight is 150 g/mol. The molecule has 0 heteroatoms. The van der Waals surface area contributed by atoms with Crippen molar-refractivity contribution >= 4 is 0 Å². The molecule has 0 aliphatic carbocycles. The van der Waals surface area contributed by atoms with Crippen molar-refractivity contribution < 1.29 is 0 Å². The molecule has 0 unspecified atom stereocenters. The highest BCUT2D eigenvalue weighted by molar-refractivity contribution is 5.26. The molecule has 0 spiro atoms. The molecule has 0 aromatic heterocycles. The van der Waals surface area contributed by atoms with Crippen LogP contribution in [-0.4, -0.2) is 0 Å². The molecule has 0 saturated carbocycles. The average Bonchev–Trinajstić information content (AvgIpc) is 2.00. The van der Waals surface area contributed by atoms with Gasteiger partial charge in [0, 0.05) is 0 Å². The second kappa shape index (κ2) is 5.96. The van der Waals surface area contributed by atoms with Crippen LogP contribution in [0.4, 0.5) is 0 Å². The maximum atomic E-state index is 2.19. The lowest BCUT2D eigenvalue weighted by Crippen LogP contribution is -1.71. The van der Waals surface area contributed by atoms with Crippen molar-refractivity contribution in [3.63, 3.8) is 0 Å². The zero-order chi connectivity index (χ0) is 8.69. The highest BCUT2D eigenvalue weighted by Crippen LogP contribution is 2.02. The lowest BCUT2D eigenvalue weighted by Gasteiger charge is -1.92. The monoisotopic (exact) mass is 150 g/mol. The molecule has 0 radical (unpaired) electrons. The van der Waals surface area contributed by atoms with E-state index in [-0.39, 0.29) is 0 Å². The van der Waals surface area contributed by atoms with E-state index in [1.165, 1.54) is 11.1 Å². The normalized spacial score (nSPS) is 14.5. The minimum Gasteiger partial charge on any atom is -0.0847 e. The summed E-state index contributed by atoms with van der Waals surface area (Å²) in [6.07, 6.45) is 9.75. The third kappa shape index (κ3) is 5.65. The maximum absolute atomic E-state index is 2.19. The van der Waals surface area contributed by atoms with Crippen LogP contribution in [0.1, 0.15) is 34.1 Å². The maximum Gasteiger partial charge on any atom is -0.0376 e. The van der Waals surface area contributed by atoms with Gasteiger partial charge in [-0.3, -0.25) is 0 Å². The van der Waals surface area contributed by atoms with Crippen molar-refractivity contribution in [2.24, 2.45) is 0 Å². The molecule has 0 atom stereocenters. The fraction of sp³-hybridized carbons (Fsp3) is 0.455. The van der Waals surface area contributed by atoms with Gasteiger partial charge in [0.25, 0.3) is 0 Å². The first-order valence-electron chi connectivity index (χ1n) is 4.18. The Morgan fingerprint density at radius 2 is 1.82 bits per heavy atom. The van der Waals surface area contributed by atoms with Gasteiger partial charge in [-0.15, -0.1) is 0 Å². The third-order valence-electron chi connectivity index (χ3n) is 1.53. The summed E-state index contributed by atoms with van der Waals surface area (Å²) in [6, 6.07) is 0. The van der Waals surface area contributed by atoms with Gasteiger partial charge in [-0.05, 0) is 27.2 Å². The summed E-state index contributed by atoms with van der Waals surface area (Å²) in [4.78, 5) is 0. The molecular weight excluding hydrogens is 132 g/mol. The molecule has 0 aliphatic rings. The van der Waals surface area contributed by atoms with Crippen LogP contribution >= 0.6 is 0 Å². The molecule has 11 heavy (non-hydrogen) atoms. The van der Waals surface area contributed by atoms with Crippen LogP contribution < -0.4 is 0 Å². The van der Waals surface area contributed by atoms with Gasteiger partial charge in [-0.2, -0.15) is 0 Å². The second-order valence-electron chi connectivity index (χ2n) is 2.73. The van der Waals surface area contributed by atoms with Gasteiger partial charge in [0.2, 0.25) is 0 Å². The summed E-state index contributed by atoms with van der Waals surface area (Å²) in [6.45, 7) is 8.44. The topological polar surface area (TPSA) is 0 Å². The first-order chi connectivity index (χ1) is 5.20. The standard InChI is InChI=1S/C11H18/c1-5-7-8-11(4)9-10(3)6-2/h6-9H,5H2,1-4H3/b8-7-,10-6-,11-9-. The summed E-state index contributed by atoms with van der Waals surface area (Å²) in [5.41, 5.74) is 2.64. The zero-order valence-electron chi connectivity index (χ0n) is 8.02. The highest BCUT2D eigenvalue weighted by Gasteiger charge is 1.81. The van der Waals surface area contributed by atoms with E-state index in [0.717, 1.165) is 6.42 Å². The quantitative estimate of drug-likeness (QED) is 0.536. The molecule has 0 aromatic rings. The largest absolute Gasteiger partial charge is 0.0847 e. The van der Waals surface area contributed by atoms with Gasteiger partial charge in [0.1, 0.15) is 0 Å². The zero-order valence-corrected chi connectivity index (χ0v) is 8.02. The predicted octanol–water partition coefficient (Wildman–Crippen LogP) is 3.87.